The molecule has 0 aliphatic carbocycles. The van der Waals surface area contributed by atoms with Gasteiger partial charge in [0.05, 0.1) is 21.5 Å². The summed E-state index contributed by atoms with van der Waals surface area (Å²) in [6.45, 7) is 1.93. The summed E-state index contributed by atoms with van der Waals surface area (Å²) in [5, 5.41) is 34.4. The Balaban J connectivity index is 1.61. The Labute approximate surface area is 237 Å². The molecule has 2 aliphatic rings. The molecule has 16 heteroatoms. The summed E-state index contributed by atoms with van der Waals surface area (Å²) in [5.41, 5.74) is 0.181. The van der Waals surface area contributed by atoms with Gasteiger partial charge in [-0.05, 0) is 31.0 Å². The molecule has 2 aromatic carbocycles. The second-order valence-electron chi connectivity index (χ2n) is 8.98. The maximum absolute atomic E-state index is 13.5. The molecule has 1 saturated heterocycles. The summed E-state index contributed by atoms with van der Waals surface area (Å²) < 4.78 is 5.40. The number of hydrogen-bond acceptors (Lipinski definition) is 8. The van der Waals surface area contributed by atoms with Crippen molar-refractivity contribution < 1.29 is 43.9 Å². The fourth-order valence-electron chi connectivity index (χ4n) is 4.41. The molecule has 0 spiro atoms. The van der Waals surface area contributed by atoms with Crippen molar-refractivity contribution in [3.05, 3.63) is 57.1 Å². The number of phenols is 1. The number of halogens is 2. The highest BCUT2D eigenvalue weighted by Gasteiger charge is 2.41. The molecule has 0 saturated carbocycles. The number of benzene rings is 2. The van der Waals surface area contributed by atoms with Crippen LogP contribution in [0.4, 0.5) is 4.79 Å². The predicted octanol–water partition coefficient (Wildman–Crippen LogP) is 0.978. The van der Waals surface area contributed by atoms with E-state index in [2.05, 4.69) is 10.6 Å². The van der Waals surface area contributed by atoms with Crippen molar-refractivity contribution in [2.45, 2.75) is 25.3 Å². The van der Waals surface area contributed by atoms with Gasteiger partial charge in [0.2, 0.25) is 5.91 Å². The third-order valence-electron chi connectivity index (χ3n) is 6.52. The first-order valence-corrected chi connectivity index (χ1v) is 12.8. The van der Waals surface area contributed by atoms with Crippen LogP contribution in [0, 0.1) is 0 Å². The molecular weight excluding hydrogens is 570 g/mol. The van der Waals surface area contributed by atoms with Crippen LogP contribution in [-0.2, 0) is 20.8 Å². The first kappa shape index (κ1) is 29.0. The predicted molar refractivity (Wildman–Crippen MR) is 141 cm³/mol. The van der Waals surface area contributed by atoms with Gasteiger partial charge in [-0.25, -0.2) is 9.59 Å². The third kappa shape index (κ3) is 5.64. The lowest BCUT2D eigenvalue weighted by atomic mass is 9.72. The smallest absolute Gasteiger partial charge is 0.534 e. The fraction of sp³-hybridized carbons (Fsp3) is 0.292. The van der Waals surface area contributed by atoms with E-state index in [9.17, 15) is 39.2 Å². The van der Waals surface area contributed by atoms with Crippen LogP contribution in [0.5, 0.6) is 11.5 Å². The van der Waals surface area contributed by atoms with Crippen molar-refractivity contribution in [1.82, 2.24) is 20.4 Å². The number of carboxylic acids is 1. The number of rotatable bonds is 6. The molecule has 210 valence electrons. The fourth-order valence-corrected chi connectivity index (χ4v) is 4.85. The largest absolute Gasteiger partial charge is 0.547 e. The van der Waals surface area contributed by atoms with Crippen LogP contribution in [0.15, 0.2) is 30.3 Å². The number of para-hydroxylation sites is 1. The molecule has 0 bridgehead atoms. The van der Waals surface area contributed by atoms with Crippen molar-refractivity contribution in [2.24, 2.45) is 0 Å². The molecule has 40 heavy (non-hydrogen) atoms. The van der Waals surface area contributed by atoms with Crippen molar-refractivity contribution in [3.63, 3.8) is 0 Å². The topological polar surface area (TPSA) is 186 Å². The van der Waals surface area contributed by atoms with Gasteiger partial charge in [0, 0.05) is 31.3 Å². The average Bonchev–Trinajstić information content (AvgIpc) is 2.90. The van der Waals surface area contributed by atoms with Gasteiger partial charge in [-0.1, -0.05) is 35.3 Å². The van der Waals surface area contributed by atoms with Crippen LogP contribution in [0.2, 0.25) is 10.0 Å². The highest BCUT2D eigenvalue weighted by Crippen LogP contribution is 2.34. The Bertz CT molecular complexity index is 1410. The summed E-state index contributed by atoms with van der Waals surface area (Å²) >= 11 is 12.3. The molecule has 4 rings (SSSR count). The summed E-state index contributed by atoms with van der Waals surface area (Å²) in [5.74, 6) is -5.65. The maximum Gasteiger partial charge on any atom is 0.547 e. The number of fused-ring (bicyclic) bond motifs is 1. The normalized spacial score (nSPS) is 17.6. The number of urea groups is 1. The highest BCUT2D eigenvalue weighted by atomic mass is 35.5. The van der Waals surface area contributed by atoms with Crippen molar-refractivity contribution in [3.8, 4) is 11.5 Å². The quantitative estimate of drug-likeness (QED) is 0.241. The van der Waals surface area contributed by atoms with Crippen LogP contribution in [-0.4, -0.2) is 87.5 Å². The average molecular weight is 593 g/mol. The highest BCUT2D eigenvalue weighted by molar-refractivity contribution is 6.47. The van der Waals surface area contributed by atoms with E-state index in [0.29, 0.717) is 10.5 Å². The molecule has 13 nitrogen and oxygen atoms in total. The van der Waals surface area contributed by atoms with Gasteiger partial charge in [0.1, 0.15) is 17.5 Å². The van der Waals surface area contributed by atoms with Crippen LogP contribution in [0.25, 0.3) is 0 Å². The summed E-state index contributed by atoms with van der Waals surface area (Å²) in [6, 6.07) is 3.90. The molecule has 2 atom stereocenters. The molecular formula is C24H23BCl2N4O9. The van der Waals surface area contributed by atoms with E-state index in [0.717, 1.165) is 12.1 Å². The van der Waals surface area contributed by atoms with E-state index >= 15 is 0 Å². The number of imide groups is 1. The summed E-state index contributed by atoms with van der Waals surface area (Å²) in [4.78, 5) is 64.9. The van der Waals surface area contributed by atoms with E-state index in [1.165, 1.54) is 17.0 Å². The Morgan fingerprint density at radius 2 is 1.88 bits per heavy atom. The number of aromatic carboxylic acids is 1. The Kier molecular flexibility index (Phi) is 8.42. The molecule has 1 fully saturated rings. The maximum atomic E-state index is 13.5. The van der Waals surface area contributed by atoms with Crippen LogP contribution in [0.1, 0.15) is 34.5 Å². The van der Waals surface area contributed by atoms with Crippen molar-refractivity contribution in [1.29, 1.82) is 0 Å². The Morgan fingerprint density at radius 1 is 1.15 bits per heavy atom. The molecule has 5 amide bonds. The van der Waals surface area contributed by atoms with E-state index in [4.69, 9.17) is 27.9 Å². The number of carbonyl (C=O) groups is 5. The zero-order chi connectivity index (χ0) is 29.3. The number of piperazine rings is 1. The molecule has 5 N–H and O–H groups in total. The number of phenolic OH excluding ortho intramolecular Hbond substituents is 1. The van der Waals surface area contributed by atoms with Crippen molar-refractivity contribution >= 4 is 60.0 Å². The molecule has 2 aliphatic heterocycles. The number of aromatic hydroxyl groups is 1. The van der Waals surface area contributed by atoms with Gasteiger partial charge in [0.15, 0.2) is 0 Å². The second-order valence-corrected chi connectivity index (χ2v) is 9.79. The van der Waals surface area contributed by atoms with Gasteiger partial charge >= 0.3 is 30.9 Å². The van der Waals surface area contributed by atoms with Gasteiger partial charge in [-0.15, -0.1) is 0 Å². The van der Waals surface area contributed by atoms with E-state index in [-0.39, 0.29) is 58.7 Å². The number of amides is 5. The summed E-state index contributed by atoms with van der Waals surface area (Å²) in [7, 11) is -1.66. The number of nitrogens with one attached hydrogen (secondary N) is 2. The van der Waals surface area contributed by atoms with Crippen molar-refractivity contribution in [2.75, 3.05) is 19.6 Å². The Morgan fingerprint density at radius 3 is 2.55 bits per heavy atom. The van der Waals surface area contributed by atoms with E-state index < -0.39 is 48.8 Å². The summed E-state index contributed by atoms with van der Waals surface area (Å²) in [6.07, 6.45) is -0.0277. The molecule has 2 heterocycles. The molecule has 1 unspecified atom stereocenters. The minimum absolute atomic E-state index is 0.0277. The monoisotopic (exact) mass is 592 g/mol. The number of nitrogens with zero attached hydrogens (tertiary/aromatic N) is 2. The van der Waals surface area contributed by atoms with Gasteiger partial charge in [0.25, 0.3) is 0 Å². The zero-order valence-electron chi connectivity index (χ0n) is 20.9. The van der Waals surface area contributed by atoms with Gasteiger partial charge in [-0.2, -0.15) is 0 Å². The first-order valence-electron chi connectivity index (χ1n) is 12.0. The van der Waals surface area contributed by atoms with Gasteiger partial charge in [-0.3, -0.25) is 19.3 Å². The first-order chi connectivity index (χ1) is 18.9. The zero-order valence-corrected chi connectivity index (χ0v) is 22.4. The van der Waals surface area contributed by atoms with Gasteiger partial charge < -0.3 is 35.4 Å². The van der Waals surface area contributed by atoms with Crippen LogP contribution >= 0.6 is 23.2 Å². The number of hydrogen-bond donors (Lipinski definition) is 5. The minimum Gasteiger partial charge on any atom is -0.534 e. The molecule has 0 radical (unpaired) electrons. The minimum atomic E-state index is -1.66. The van der Waals surface area contributed by atoms with Crippen LogP contribution in [0.3, 0.4) is 0 Å². The number of carbonyl (C=O) groups excluding carboxylic acids is 4. The molecule has 0 aromatic heterocycles. The number of likely N-dealkylation sites (N-methyl/N-ethyl adjacent to an activating group) is 1. The lowest BCUT2D eigenvalue weighted by Crippen LogP contribution is -2.60. The van der Waals surface area contributed by atoms with E-state index in [1.807, 2.05) is 0 Å². The lowest BCUT2D eigenvalue weighted by Gasteiger charge is -2.33. The number of carboxylic acid groups (broad SMARTS) is 1. The third-order valence-corrected chi connectivity index (χ3v) is 7.15. The van der Waals surface area contributed by atoms with E-state index in [1.54, 1.807) is 13.0 Å². The second kappa shape index (κ2) is 11.6. The lowest BCUT2D eigenvalue weighted by molar-refractivity contribution is -0.153. The SMILES string of the molecule is CCN1CCN(C(=O)NC(C(=O)N[C@H]2Cc3cccc(C(=O)O)c3OB2O)c2cc(Cl)c(O)cc2Cl)C(=O)C1=O. The standard InChI is InChI=1S/C24H23BCl2N4O9/c1-2-30-6-7-31(22(35)21(30)34)24(38)29-18(13-9-15(27)16(32)10-14(13)26)20(33)28-17-8-11-4-3-5-12(23(36)37)19(11)40-25(17)39/h3-5,9-10,17-18,32,39H,2,6-8H2,1H3,(H,28,33)(H,29,38)(H,36,37)/t17-,18?/m0/s1. The Hall–Kier alpha value is -4.01. The molecule has 2 aromatic rings. The van der Waals surface area contributed by atoms with Crippen LogP contribution < -0.4 is 15.3 Å².